The molecule has 1 aromatic carbocycles. The van der Waals surface area contributed by atoms with E-state index < -0.39 is 37.0 Å². The molecule has 0 fully saturated rings. The van der Waals surface area contributed by atoms with E-state index in [9.17, 15) is 18.0 Å². The van der Waals surface area contributed by atoms with E-state index in [1.165, 1.54) is 0 Å². The first-order valence-corrected chi connectivity index (χ1v) is 6.09. The summed E-state index contributed by atoms with van der Waals surface area (Å²) in [5, 5.41) is 16.3. The van der Waals surface area contributed by atoms with Crippen LogP contribution in [0.3, 0.4) is 0 Å². The minimum atomic E-state index is -4.45. The molecule has 0 heterocycles. The van der Waals surface area contributed by atoms with E-state index >= 15 is 0 Å². The minimum absolute atomic E-state index is 0.426. The zero-order valence-electron chi connectivity index (χ0n) is 7.55. The Kier molecular flexibility index (Phi) is 3.20. The number of carboxylic acids is 1. The molecule has 0 unspecified atom stereocenters. The van der Waals surface area contributed by atoms with Crippen LogP contribution in [-0.2, 0) is 9.05 Å². The lowest BCUT2D eigenvalue weighted by molar-refractivity contribution is 0.0693. The highest BCUT2D eigenvalue weighted by Gasteiger charge is 2.23. The number of phenols is 1. The molecule has 0 saturated carbocycles. The van der Waals surface area contributed by atoms with Gasteiger partial charge in [-0.2, -0.15) is 0 Å². The molecule has 0 radical (unpaired) electrons. The highest BCUT2D eigenvalue weighted by molar-refractivity contribution is 8.25. The number of aromatic hydroxyl groups is 1. The second-order valence-electron chi connectivity index (χ2n) is 2.76. The Morgan fingerprint density at radius 3 is 2.25 bits per heavy atom. The van der Waals surface area contributed by atoms with Gasteiger partial charge in [0.1, 0.15) is 11.3 Å². The summed E-state index contributed by atoms with van der Waals surface area (Å²) in [6.45, 7) is 0. The average Bonchev–Trinajstić information content (AvgIpc) is 2.15. The fraction of sp³-hybridized carbons (Fsp3) is 0. The lowest BCUT2D eigenvalue weighted by Crippen LogP contribution is -2.09. The van der Waals surface area contributed by atoms with E-state index in [2.05, 4.69) is 0 Å². The summed E-state index contributed by atoms with van der Waals surface area (Å²) in [7, 11) is 0.350. The second kappa shape index (κ2) is 4.11. The van der Waals surface area contributed by atoms with Crippen LogP contribution in [0.15, 0.2) is 18.2 Å². The maximum Gasteiger partial charge on any atom is 0.339 e. The highest BCUT2D eigenvalue weighted by atomic mass is 35.7. The number of hydrogen-bond donors (Lipinski definition) is 2. The molecule has 86 valence electrons. The summed E-state index contributed by atoms with van der Waals surface area (Å²) in [5.74, 6) is -2.06. The van der Waals surface area contributed by atoms with E-state index in [0.29, 0.717) is 0 Å². The lowest BCUT2D eigenvalue weighted by Gasteiger charge is -2.01. The van der Waals surface area contributed by atoms with Gasteiger partial charge in [-0.05, 0) is 18.2 Å². The topological polar surface area (TPSA) is 109 Å². The molecular weight excluding hydrogens is 260 g/mol. The van der Waals surface area contributed by atoms with Gasteiger partial charge in [-0.3, -0.25) is 4.79 Å². The molecule has 0 aliphatic carbocycles. The Hall–Kier alpha value is -1.60. The summed E-state index contributed by atoms with van der Waals surface area (Å²) < 4.78 is 21.4. The van der Waals surface area contributed by atoms with Crippen molar-refractivity contribution in [2.45, 2.75) is 0 Å². The summed E-state index contributed by atoms with van der Waals surface area (Å²) in [4.78, 5) is 21.8. The van der Waals surface area contributed by atoms with E-state index in [1.54, 1.807) is 0 Å². The van der Waals surface area contributed by atoms with Crippen LogP contribution in [0.1, 0.15) is 20.7 Å². The normalized spacial score (nSPS) is 11.1. The zero-order valence-corrected chi connectivity index (χ0v) is 9.12. The van der Waals surface area contributed by atoms with E-state index in [-0.39, 0.29) is 0 Å². The van der Waals surface area contributed by atoms with Crippen molar-refractivity contribution in [2.75, 3.05) is 0 Å². The van der Waals surface area contributed by atoms with Crippen LogP contribution in [-0.4, -0.2) is 29.7 Å². The largest absolute Gasteiger partial charge is 0.507 e. The number of halogens is 1. The monoisotopic (exact) mass is 264 g/mol. The van der Waals surface area contributed by atoms with Crippen LogP contribution in [0.2, 0.25) is 0 Å². The predicted molar refractivity (Wildman–Crippen MR) is 54.2 cm³/mol. The van der Waals surface area contributed by atoms with Crippen molar-refractivity contribution in [3.63, 3.8) is 0 Å². The first-order chi connectivity index (χ1) is 7.23. The average molecular weight is 265 g/mol. The number of benzene rings is 1. The second-order valence-corrected chi connectivity index (χ2v) is 5.23. The number of carbonyl (C=O) groups excluding carboxylic acids is 1. The molecule has 0 atom stereocenters. The summed E-state index contributed by atoms with van der Waals surface area (Å²) in [5.41, 5.74) is -1.00. The Morgan fingerprint density at radius 2 is 1.81 bits per heavy atom. The molecule has 0 aromatic heterocycles. The number of hydrogen-bond acceptors (Lipinski definition) is 5. The number of aromatic carboxylic acids is 1. The van der Waals surface area contributed by atoms with Gasteiger partial charge in [-0.1, -0.05) is 0 Å². The van der Waals surface area contributed by atoms with Gasteiger partial charge < -0.3 is 10.2 Å². The molecular formula is C8H5ClO6S. The van der Waals surface area contributed by atoms with Gasteiger partial charge in [-0.15, -0.1) is 0 Å². The molecule has 8 heteroatoms. The Balaban J connectivity index is 3.35. The van der Waals surface area contributed by atoms with Crippen molar-refractivity contribution >= 4 is 30.8 Å². The molecule has 16 heavy (non-hydrogen) atoms. The van der Waals surface area contributed by atoms with Gasteiger partial charge in [0.05, 0.1) is 0 Å². The van der Waals surface area contributed by atoms with Crippen LogP contribution in [0, 0.1) is 0 Å². The number of rotatable bonds is 2. The van der Waals surface area contributed by atoms with Crippen molar-refractivity contribution in [1.29, 1.82) is 0 Å². The Bertz CT molecular complexity index is 562. The Morgan fingerprint density at radius 1 is 1.25 bits per heavy atom. The van der Waals surface area contributed by atoms with Crippen molar-refractivity contribution in [1.82, 2.24) is 0 Å². The molecule has 0 amide bonds. The molecule has 0 bridgehead atoms. The third-order valence-corrected chi connectivity index (χ3v) is 2.78. The molecule has 0 aliphatic heterocycles. The van der Waals surface area contributed by atoms with Crippen molar-refractivity contribution in [3.05, 3.63) is 29.3 Å². The Labute approximate surface area is 94.5 Å². The van der Waals surface area contributed by atoms with E-state index in [4.69, 9.17) is 20.9 Å². The van der Waals surface area contributed by atoms with Crippen molar-refractivity contribution in [2.24, 2.45) is 0 Å². The van der Waals surface area contributed by atoms with Crippen molar-refractivity contribution < 1.29 is 28.2 Å². The minimum Gasteiger partial charge on any atom is -0.507 e. The fourth-order valence-electron chi connectivity index (χ4n) is 0.975. The molecule has 1 rings (SSSR count). The maximum atomic E-state index is 11.2. The van der Waals surface area contributed by atoms with Crippen LogP contribution >= 0.6 is 10.7 Å². The fourth-order valence-corrected chi connectivity index (χ4v) is 1.65. The quantitative estimate of drug-likeness (QED) is 0.765. The molecule has 0 spiro atoms. The molecule has 2 N–H and O–H groups in total. The summed E-state index contributed by atoms with van der Waals surface area (Å²) >= 11 is 0. The van der Waals surface area contributed by atoms with E-state index in [1.807, 2.05) is 0 Å². The van der Waals surface area contributed by atoms with Crippen LogP contribution in [0.25, 0.3) is 0 Å². The predicted octanol–water partition coefficient (Wildman–Crippen LogP) is 0.799. The molecule has 1 aromatic rings. The third kappa shape index (κ3) is 2.50. The SMILES string of the molecule is O=C(O)c1cc(C(=O)S(=O)(=O)Cl)ccc1O. The van der Waals surface area contributed by atoms with Gasteiger partial charge in [0.15, 0.2) is 0 Å². The summed E-state index contributed by atoms with van der Waals surface area (Å²) in [6, 6.07) is 2.60. The summed E-state index contributed by atoms with van der Waals surface area (Å²) in [6.07, 6.45) is 0. The van der Waals surface area contributed by atoms with Gasteiger partial charge in [0, 0.05) is 16.2 Å². The first-order valence-electron chi connectivity index (χ1n) is 3.79. The van der Waals surface area contributed by atoms with Gasteiger partial charge >= 0.3 is 5.97 Å². The smallest absolute Gasteiger partial charge is 0.339 e. The van der Waals surface area contributed by atoms with Crippen LogP contribution < -0.4 is 0 Å². The van der Waals surface area contributed by atoms with Gasteiger partial charge in [0.2, 0.25) is 0 Å². The highest BCUT2D eigenvalue weighted by Crippen LogP contribution is 2.20. The lowest BCUT2D eigenvalue weighted by atomic mass is 10.1. The number of carboxylic acid groups (broad SMARTS) is 1. The first kappa shape index (κ1) is 12.5. The van der Waals surface area contributed by atoms with E-state index in [0.717, 1.165) is 18.2 Å². The zero-order chi connectivity index (χ0) is 12.5. The van der Waals surface area contributed by atoms with Crippen LogP contribution in [0.5, 0.6) is 5.75 Å². The molecule has 0 aliphatic rings. The van der Waals surface area contributed by atoms with Crippen molar-refractivity contribution in [3.8, 4) is 5.75 Å². The van der Waals surface area contributed by atoms with Gasteiger partial charge in [0.25, 0.3) is 14.2 Å². The molecule has 0 saturated heterocycles. The van der Waals surface area contributed by atoms with Crippen LogP contribution in [0.4, 0.5) is 0 Å². The third-order valence-electron chi connectivity index (χ3n) is 1.68. The molecule has 6 nitrogen and oxygen atoms in total. The maximum absolute atomic E-state index is 11.2. The standard InChI is InChI=1S/C8H5ClO6S/c9-16(14,15)8(13)4-1-2-6(10)5(3-4)7(11)12/h1-3,10H,(H,11,12). The number of carbonyl (C=O) groups is 2. The van der Waals surface area contributed by atoms with Gasteiger partial charge in [-0.25, -0.2) is 13.2 Å².